The Balaban J connectivity index is 3.23. The van der Waals surface area contributed by atoms with Gasteiger partial charge in [-0.1, -0.05) is 20.8 Å². The lowest BCUT2D eigenvalue weighted by molar-refractivity contribution is -0.299. The van der Waals surface area contributed by atoms with Gasteiger partial charge in [-0.15, -0.1) is 5.06 Å². The van der Waals surface area contributed by atoms with Crippen molar-refractivity contribution in [3.05, 3.63) is 0 Å². The highest BCUT2D eigenvalue weighted by Crippen LogP contribution is 2.46. The van der Waals surface area contributed by atoms with Gasteiger partial charge >= 0.3 is 11.9 Å². The third kappa shape index (κ3) is 3.39. The molecular formula is C16H29NO4. The van der Waals surface area contributed by atoms with Crippen LogP contribution in [0.4, 0.5) is 0 Å². The molecule has 122 valence electrons. The lowest BCUT2D eigenvalue weighted by Gasteiger charge is -2.57. The summed E-state index contributed by atoms with van der Waals surface area (Å²) in [4.78, 5) is 28.5. The van der Waals surface area contributed by atoms with Gasteiger partial charge in [-0.3, -0.25) is 9.59 Å². The first-order chi connectivity index (χ1) is 9.60. The summed E-state index contributed by atoms with van der Waals surface area (Å²) in [5, 5.41) is 1.85. The Bertz CT molecular complexity index is 411. The summed E-state index contributed by atoms with van der Waals surface area (Å²) >= 11 is 0. The van der Waals surface area contributed by atoms with Crippen molar-refractivity contribution in [2.75, 3.05) is 0 Å². The second-order valence-electron chi connectivity index (χ2n) is 6.58. The maximum atomic E-state index is 11.5. The van der Waals surface area contributed by atoms with Crippen LogP contribution in [-0.4, -0.2) is 34.2 Å². The molecule has 0 aromatic heterocycles. The molecule has 1 heterocycles. The molecule has 1 aliphatic heterocycles. The van der Waals surface area contributed by atoms with Gasteiger partial charge in [-0.25, -0.2) is 0 Å². The topological polar surface area (TPSA) is 55.8 Å². The first kappa shape index (κ1) is 18.0. The van der Waals surface area contributed by atoms with Gasteiger partial charge in [0.05, 0.1) is 11.1 Å². The van der Waals surface area contributed by atoms with Gasteiger partial charge in [0.2, 0.25) is 0 Å². The largest absolute Gasteiger partial charge is 0.462 e. The first-order valence-electron chi connectivity index (χ1n) is 7.76. The summed E-state index contributed by atoms with van der Waals surface area (Å²) in [6, 6.07) is 0. The molecule has 0 bridgehead atoms. The lowest BCUT2D eigenvalue weighted by Crippen LogP contribution is -2.68. The van der Waals surface area contributed by atoms with Crippen molar-refractivity contribution in [3.63, 3.8) is 0 Å². The molecule has 5 nitrogen and oxygen atoms in total. The summed E-state index contributed by atoms with van der Waals surface area (Å²) in [5.41, 5.74) is -0.710. The molecule has 0 spiro atoms. The highest BCUT2D eigenvalue weighted by molar-refractivity contribution is 5.66. The van der Waals surface area contributed by atoms with Gasteiger partial charge in [-0.05, 0) is 26.7 Å². The van der Waals surface area contributed by atoms with Crippen LogP contribution in [0.2, 0.25) is 0 Å². The normalized spacial score (nSPS) is 37.1. The minimum Gasteiger partial charge on any atom is -0.462 e. The number of hydrogen-bond acceptors (Lipinski definition) is 5. The number of hydroxylamine groups is 2. The Morgan fingerprint density at radius 2 is 1.71 bits per heavy atom. The van der Waals surface area contributed by atoms with E-state index < -0.39 is 0 Å². The van der Waals surface area contributed by atoms with Crippen LogP contribution in [0, 0.1) is 5.92 Å². The molecule has 0 amide bonds. The van der Waals surface area contributed by atoms with E-state index in [0.29, 0.717) is 6.42 Å². The molecule has 0 saturated carbocycles. The molecule has 1 saturated heterocycles. The van der Waals surface area contributed by atoms with E-state index in [1.54, 1.807) is 0 Å². The van der Waals surface area contributed by atoms with Crippen molar-refractivity contribution in [2.24, 2.45) is 5.92 Å². The second-order valence-corrected chi connectivity index (χ2v) is 6.58. The fourth-order valence-corrected chi connectivity index (χ4v) is 3.35. The molecular weight excluding hydrogens is 270 g/mol. The molecule has 4 unspecified atom stereocenters. The van der Waals surface area contributed by atoms with E-state index in [4.69, 9.17) is 9.57 Å². The molecule has 0 aromatic carbocycles. The van der Waals surface area contributed by atoms with E-state index in [1.807, 2.05) is 5.06 Å². The molecule has 4 atom stereocenters. The van der Waals surface area contributed by atoms with Crippen LogP contribution in [0.25, 0.3) is 0 Å². The molecule has 0 aliphatic carbocycles. The summed E-state index contributed by atoms with van der Waals surface area (Å²) in [6.45, 7) is 13.2. The van der Waals surface area contributed by atoms with Gasteiger partial charge in [-0.2, -0.15) is 0 Å². The molecule has 0 aromatic rings. The third-order valence-electron chi connectivity index (χ3n) is 5.15. The van der Waals surface area contributed by atoms with E-state index >= 15 is 0 Å². The Morgan fingerprint density at radius 3 is 2.10 bits per heavy atom. The Hall–Kier alpha value is -1.10. The van der Waals surface area contributed by atoms with E-state index in [2.05, 4.69) is 34.6 Å². The SMILES string of the molecule is CCC1(C)CC(OC(C)=O)C(C)C(C)(CC)N1OC(C)=O. The molecule has 0 N–H and O–H groups in total. The maximum absolute atomic E-state index is 11.5. The lowest BCUT2D eigenvalue weighted by atomic mass is 9.69. The monoisotopic (exact) mass is 299 g/mol. The van der Waals surface area contributed by atoms with Gasteiger partial charge in [0.1, 0.15) is 6.10 Å². The van der Waals surface area contributed by atoms with Gasteiger partial charge in [0.15, 0.2) is 0 Å². The molecule has 5 heteroatoms. The fourth-order valence-electron chi connectivity index (χ4n) is 3.35. The number of rotatable bonds is 4. The van der Waals surface area contributed by atoms with Crippen LogP contribution in [0.5, 0.6) is 0 Å². The van der Waals surface area contributed by atoms with E-state index in [-0.39, 0.29) is 35.0 Å². The van der Waals surface area contributed by atoms with Crippen LogP contribution in [0.3, 0.4) is 0 Å². The van der Waals surface area contributed by atoms with Gasteiger partial charge in [0, 0.05) is 26.2 Å². The van der Waals surface area contributed by atoms with Crippen LogP contribution in [0.1, 0.15) is 67.7 Å². The first-order valence-corrected chi connectivity index (χ1v) is 7.76. The minimum atomic E-state index is -0.366. The number of carbonyl (C=O) groups excluding carboxylic acids is 2. The zero-order chi connectivity index (χ0) is 16.4. The molecule has 0 radical (unpaired) electrons. The Labute approximate surface area is 127 Å². The standard InChI is InChI=1S/C16H29NO4/c1-8-15(6)10-14(20-12(4)18)11(3)16(7,9-2)17(15)21-13(5)19/h11,14H,8-10H2,1-7H3. The van der Waals surface area contributed by atoms with Gasteiger partial charge in [0.25, 0.3) is 0 Å². The van der Waals surface area contributed by atoms with E-state index in [0.717, 1.165) is 12.8 Å². The second kappa shape index (κ2) is 6.34. The molecule has 1 fully saturated rings. The van der Waals surface area contributed by atoms with Gasteiger partial charge < -0.3 is 9.57 Å². The van der Waals surface area contributed by atoms with Crippen LogP contribution in [-0.2, 0) is 19.2 Å². The smallest absolute Gasteiger partial charge is 0.322 e. The number of nitrogens with zero attached hydrogens (tertiary/aromatic N) is 1. The third-order valence-corrected chi connectivity index (χ3v) is 5.15. The van der Waals surface area contributed by atoms with Crippen molar-refractivity contribution in [1.29, 1.82) is 0 Å². The highest BCUT2D eigenvalue weighted by Gasteiger charge is 2.56. The predicted octanol–water partition coefficient (Wildman–Crippen LogP) is 3.08. The maximum Gasteiger partial charge on any atom is 0.322 e. The summed E-state index contributed by atoms with van der Waals surface area (Å²) < 4.78 is 5.55. The number of ether oxygens (including phenoxy) is 1. The fraction of sp³-hybridized carbons (Fsp3) is 0.875. The molecule has 1 rings (SSSR count). The Morgan fingerprint density at radius 1 is 1.14 bits per heavy atom. The predicted molar refractivity (Wildman–Crippen MR) is 80.3 cm³/mol. The van der Waals surface area contributed by atoms with Crippen LogP contribution < -0.4 is 0 Å². The highest BCUT2D eigenvalue weighted by atomic mass is 16.7. The summed E-state index contributed by atoms with van der Waals surface area (Å²) in [5.74, 6) is -0.498. The average molecular weight is 299 g/mol. The van der Waals surface area contributed by atoms with Crippen molar-refractivity contribution in [2.45, 2.75) is 84.9 Å². The Kier molecular flexibility index (Phi) is 5.42. The van der Waals surface area contributed by atoms with Crippen molar-refractivity contribution < 1.29 is 19.2 Å². The van der Waals surface area contributed by atoms with Crippen molar-refractivity contribution in [1.82, 2.24) is 5.06 Å². The van der Waals surface area contributed by atoms with Crippen molar-refractivity contribution in [3.8, 4) is 0 Å². The summed E-state index contributed by atoms with van der Waals surface area (Å²) in [7, 11) is 0. The number of carbonyl (C=O) groups is 2. The zero-order valence-electron chi connectivity index (χ0n) is 14.4. The van der Waals surface area contributed by atoms with E-state index in [9.17, 15) is 9.59 Å². The average Bonchev–Trinajstić information content (AvgIpc) is 2.40. The van der Waals surface area contributed by atoms with E-state index in [1.165, 1.54) is 13.8 Å². The summed E-state index contributed by atoms with van der Waals surface area (Å²) in [6.07, 6.45) is 2.10. The zero-order valence-corrected chi connectivity index (χ0v) is 14.4. The van der Waals surface area contributed by atoms with Crippen molar-refractivity contribution >= 4 is 11.9 Å². The molecule has 1 aliphatic rings. The number of esters is 1. The van der Waals surface area contributed by atoms with Crippen LogP contribution >= 0.6 is 0 Å². The number of piperidine rings is 1. The van der Waals surface area contributed by atoms with Crippen LogP contribution in [0.15, 0.2) is 0 Å². The number of hydrogen-bond donors (Lipinski definition) is 0. The quantitative estimate of drug-likeness (QED) is 0.747. The minimum absolute atomic E-state index is 0.0744. The molecule has 21 heavy (non-hydrogen) atoms.